The van der Waals surface area contributed by atoms with Crippen molar-refractivity contribution in [3.63, 3.8) is 0 Å². The molecule has 6 rings (SSSR count). The van der Waals surface area contributed by atoms with Gasteiger partial charge in [0.2, 0.25) is 5.91 Å². The Hall–Kier alpha value is -3.00. The monoisotopic (exact) mass is 475 g/mol. The standard InChI is InChI=1S/C26H29N5O2S/c1-3-33-21-9-18-12-27-11-17(18)8-20(21)30-24-23-19-7-6-16(26(32)31(2)13-15-4-5-15)10-22(19)34-25(23)29-14-28-24/h8-9,11,14-16H,3-7,10,12-13H2,1-2H3,(H,28,29,30). The van der Waals surface area contributed by atoms with E-state index in [4.69, 9.17) is 4.74 Å². The van der Waals surface area contributed by atoms with Gasteiger partial charge in [0.15, 0.2) is 0 Å². The number of anilines is 2. The Morgan fingerprint density at radius 2 is 2.15 bits per heavy atom. The Morgan fingerprint density at radius 3 is 2.97 bits per heavy atom. The van der Waals surface area contributed by atoms with Gasteiger partial charge < -0.3 is 15.0 Å². The summed E-state index contributed by atoms with van der Waals surface area (Å²) < 4.78 is 5.93. The Kier molecular flexibility index (Phi) is 5.48. The molecule has 1 unspecified atom stereocenters. The van der Waals surface area contributed by atoms with Gasteiger partial charge in [-0.3, -0.25) is 9.79 Å². The molecule has 176 valence electrons. The van der Waals surface area contributed by atoms with Crippen molar-refractivity contribution in [1.82, 2.24) is 14.9 Å². The van der Waals surface area contributed by atoms with E-state index in [2.05, 4.69) is 32.4 Å². The zero-order chi connectivity index (χ0) is 23.2. The van der Waals surface area contributed by atoms with Crippen molar-refractivity contribution in [2.75, 3.05) is 25.5 Å². The van der Waals surface area contributed by atoms with Gasteiger partial charge >= 0.3 is 0 Å². The molecule has 1 saturated carbocycles. The van der Waals surface area contributed by atoms with Gasteiger partial charge in [0.1, 0.15) is 22.7 Å². The Labute approximate surface area is 203 Å². The molecule has 3 aromatic rings. The molecule has 3 aliphatic rings. The summed E-state index contributed by atoms with van der Waals surface area (Å²) in [6, 6.07) is 4.16. The lowest BCUT2D eigenvalue weighted by molar-refractivity contribution is -0.134. The van der Waals surface area contributed by atoms with E-state index >= 15 is 0 Å². The second kappa shape index (κ2) is 8.65. The molecule has 7 nitrogen and oxygen atoms in total. The number of aryl methyl sites for hydroxylation is 1. The maximum atomic E-state index is 13.1. The molecule has 1 aromatic carbocycles. The maximum Gasteiger partial charge on any atom is 0.225 e. The van der Waals surface area contributed by atoms with Crippen LogP contribution < -0.4 is 10.1 Å². The topological polar surface area (TPSA) is 79.7 Å². The van der Waals surface area contributed by atoms with Gasteiger partial charge in [-0.1, -0.05) is 0 Å². The number of rotatable bonds is 7. The van der Waals surface area contributed by atoms with Crippen molar-refractivity contribution in [2.45, 2.75) is 45.6 Å². The zero-order valence-corrected chi connectivity index (χ0v) is 20.5. The minimum absolute atomic E-state index is 0.0641. The van der Waals surface area contributed by atoms with Gasteiger partial charge in [0.25, 0.3) is 0 Å². The number of nitrogens with one attached hydrogen (secondary N) is 1. The number of hydrogen-bond acceptors (Lipinski definition) is 7. The number of benzene rings is 1. The van der Waals surface area contributed by atoms with Gasteiger partial charge in [-0.2, -0.15) is 0 Å². The number of nitrogens with zero attached hydrogens (tertiary/aromatic N) is 4. The van der Waals surface area contributed by atoms with Crippen molar-refractivity contribution in [2.24, 2.45) is 16.8 Å². The molecular formula is C26H29N5O2S. The summed E-state index contributed by atoms with van der Waals surface area (Å²) in [5.74, 6) is 2.68. The van der Waals surface area contributed by atoms with Gasteiger partial charge in [0.05, 0.1) is 24.2 Å². The zero-order valence-electron chi connectivity index (χ0n) is 19.6. The summed E-state index contributed by atoms with van der Waals surface area (Å²) in [4.78, 5) is 30.8. The van der Waals surface area contributed by atoms with E-state index < -0.39 is 0 Å². The molecule has 0 spiro atoms. The third-order valence-electron chi connectivity index (χ3n) is 7.09. The van der Waals surface area contributed by atoms with E-state index in [0.29, 0.717) is 25.0 Å². The predicted molar refractivity (Wildman–Crippen MR) is 135 cm³/mol. The van der Waals surface area contributed by atoms with Crippen LogP contribution in [0.15, 0.2) is 23.5 Å². The third-order valence-corrected chi connectivity index (χ3v) is 8.25. The molecule has 8 heteroatoms. The first-order valence-corrected chi connectivity index (χ1v) is 13.0. The maximum absolute atomic E-state index is 13.1. The molecule has 0 saturated heterocycles. The van der Waals surface area contributed by atoms with Crippen LogP contribution in [-0.2, 0) is 24.2 Å². The lowest BCUT2D eigenvalue weighted by Crippen LogP contribution is -2.36. The van der Waals surface area contributed by atoms with E-state index in [-0.39, 0.29) is 5.92 Å². The first kappa shape index (κ1) is 21.5. The highest BCUT2D eigenvalue weighted by molar-refractivity contribution is 7.19. The van der Waals surface area contributed by atoms with Crippen LogP contribution in [0.25, 0.3) is 10.2 Å². The average molecular weight is 476 g/mol. The van der Waals surface area contributed by atoms with Crippen LogP contribution in [0.5, 0.6) is 5.75 Å². The summed E-state index contributed by atoms with van der Waals surface area (Å²) in [5.41, 5.74) is 4.47. The molecule has 1 amide bonds. The van der Waals surface area contributed by atoms with Crippen LogP contribution >= 0.6 is 11.3 Å². The Bertz CT molecular complexity index is 1300. The third kappa shape index (κ3) is 3.94. The average Bonchev–Trinajstić information content (AvgIpc) is 3.39. The van der Waals surface area contributed by atoms with Crippen LogP contribution in [0.2, 0.25) is 0 Å². The first-order valence-electron chi connectivity index (χ1n) is 12.2. The summed E-state index contributed by atoms with van der Waals surface area (Å²) in [6.45, 7) is 4.18. The molecule has 34 heavy (non-hydrogen) atoms. The number of carbonyl (C=O) groups is 1. The van der Waals surface area contributed by atoms with Crippen molar-refractivity contribution in [1.29, 1.82) is 0 Å². The van der Waals surface area contributed by atoms with Crippen molar-refractivity contribution in [3.8, 4) is 5.75 Å². The lowest BCUT2D eigenvalue weighted by atomic mass is 9.87. The fraction of sp³-hybridized carbons (Fsp3) is 0.462. The SMILES string of the molecule is CCOc1cc2c(cc1Nc1ncnc3sc4c(c13)CCC(C(=O)N(C)CC1CC1)C4)C=NC2. The highest BCUT2D eigenvalue weighted by Gasteiger charge is 2.32. The molecule has 1 N–H and O–H groups in total. The van der Waals surface area contributed by atoms with E-state index in [1.165, 1.54) is 28.8 Å². The number of ether oxygens (including phenoxy) is 1. The molecule has 1 aliphatic heterocycles. The molecule has 0 bridgehead atoms. The lowest BCUT2D eigenvalue weighted by Gasteiger charge is -2.26. The van der Waals surface area contributed by atoms with Crippen LogP contribution in [0.4, 0.5) is 11.5 Å². The molecule has 1 fully saturated rings. The van der Waals surface area contributed by atoms with Gasteiger partial charge in [0, 0.05) is 30.6 Å². The van der Waals surface area contributed by atoms with Gasteiger partial charge in [-0.25, -0.2) is 9.97 Å². The van der Waals surface area contributed by atoms with Crippen LogP contribution in [0.3, 0.4) is 0 Å². The van der Waals surface area contributed by atoms with Crippen molar-refractivity contribution >= 4 is 45.2 Å². The molecule has 2 aromatic heterocycles. The number of thiophene rings is 1. The number of fused-ring (bicyclic) bond motifs is 4. The van der Waals surface area contributed by atoms with Crippen LogP contribution in [-0.4, -0.2) is 47.2 Å². The van der Waals surface area contributed by atoms with Gasteiger partial charge in [-0.15, -0.1) is 11.3 Å². The normalized spacial score (nSPS) is 18.6. The van der Waals surface area contributed by atoms with E-state index in [0.717, 1.165) is 58.8 Å². The minimum atomic E-state index is 0.0641. The van der Waals surface area contributed by atoms with Crippen LogP contribution in [0, 0.1) is 11.8 Å². The fourth-order valence-corrected chi connectivity index (χ4v) is 6.41. The minimum Gasteiger partial charge on any atom is -0.492 e. The summed E-state index contributed by atoms with van der Waals surface area (Å²) in [5, 5.41) is 4.62. The largest absolute Gasteiger partial charge is 0.492 e. The number of hydrogen-bond donors (Lipinski definition) is 1. The smallest absolute Gasteiger partial charge is 0.225 e. The molecule has 0 radical (unpaired) electrons. The number of aliphatic imine (C=N–C) groups is 1. The number of carbonyl (C=O) groups excluding carboxylic acids is 1. The Morgan fingerprint density at radius 1 is 1.26 bits per heavy atom. The van der Waals surface area contributed by atoms with Crippen molar-refractivity contribution in [3.05, 3.63) is 40.0 Å². The summed E-state index contributed by atoms with van der Waals surface area (Å²) in [6.07, 6.45) is 8.60. The summed E-state index contributed by atoms with van der Waals surface area (Å²) >= 11 is 1.70. The molecular weight excluding hydrogens is 446 g/mol. The molecule has 1 atom stereocenters. The molecule has 2 aliphatic carbocycles. The fourth-order valence-electron chi connectivity index (χ4n) is 5.14. The van der Waals surface area contributed by atoms with Gasteiger partial charge in [-0.05, 0) is 73.8 Å². The second-order valence-electron chi connectivity index (χ2n) is 9.58. The van der Waals surface area contributed by atoms with Crippen molar-refractivity contribution < 1.29 is 9.53 Å². The van der Waals surface area contributed by atoms with E-state index in [9.17, 15) is 4.79 Å². The predicted octanol–water partition coefficient (Wildman–Crippen LogP) is 4.74. The quantitative estimate of drug-likeness (QED) is 0.534. The summed E-state index contributed by atoms with van der Waals surface area (Å²) in [7, 11) is 1.96. The second-order valence-corrected chi connectivity index (χ2v) is 10.7. The number of amides is 1. The Balaban J connectivity index is 1.30. The first-order chi connectivity index (χ1) is 16.6. The van der Waals surface area contributed by atoms with E-state index in [1.54, 1.807) is 17.7 Å². The van der Waals surface area contributed by atoms with Crippen LogP contribution in [0.1, 0.15) is 47.8 Å². The highest BCUT2D eigenvalue weighted by atomic mass is 32.1. The van der Waals surface area contributed by atoms with E-state index in [1.807, 2.05) is 25.1 Å². The highest BCUT2D eigenvalue weighted by Crippen LogP contribution is 2.42. The molecule has 3 heterocycles. The number of aromatic nitrogens is 2.